The number of aromatic nitrogens is 8. The lowest BCUT2D eigenvalue weighted by Crippen LogP contribution is -2.00. The largest absolute Gasteiger partial charge is 0.309 e. The van der Waals surface area contributed by atoms with Gasteiger partial charge >= 0.3 is 0 Å². The molecule has 8 aromatic heterocycles. The van der Waals surface area contributed by atoms with Gasteiger partial charge in [0, 0.05) is 115 Å². The van der Waals surface area contributed by atoms with Crippen LogP contribution in [0.5, 0.6) is 0 Å². The van der Waals surface area contributed by atoms with Gasteiger partial charge in [-0.25, -0.2) is 0 Å². The molecule has 26 rings (SSSR count). The highest BCUT2D eigenvalue weighted by Gasteiger charge is 2.27. The molecule has 0 bridgehead atoms. The number of nitrogens with zero attached hydrogens (tertiary/aromatic N) is 8. The van der Waals surface area contributed by atoms with Crippen LogP contribution in [0.4, 0.5) is 0 Å². The molecule has 8 heteroatoms. The van der Waals surface area contributed by atoms with Gasteiger partial charge in [0.2, 0.25) is 0 Å². The van der Waals surface area contributed by atoms with Crippen molar-refractivity contribution in [3.63, 3.8) is 0 Å². The Hall–Kier alpha value is -15.6. The van der Waals surface area contributed by atoms with E-state index in [-0.39, 0.29) is 0 Å². The van der Waals surface area contributed by atoms with Crippen LogP contribution in [0.15, 0.2) is 400 Å². The summed E-state index contributed by atoms with van der Waals surface area (Å²) < 4.78 is 19.8. The molecule has 0 atom stereocenters. The van der Waals surface area contributed by atoms with Crippen LogP contribution in [0.25, 0.3) is 231 Å². The van der Waals surface area contributed by atoms with Crippen molar-refractivity contribution in [1.82, 2.24) is 36.5 Å². The summed E-state index contributed by atoms with van der Waals surface area (Å²) in [6, 6.07) is 149. The molecule has 116 heavy (non-hydrogen) atoms. The summed E-state index contributed by atoms with van der Waals surface area (Å²) in [7, 11) is 0. The van der Waals surface area contributed by atoms with Crippen LogP contribution in [0, 0.1) is 0 Å². The summed E-state index contributed by atoms with van der Waals surface area (Å²) in [5, 5.41) is 19.5. The van der Waals surface area contributed by atoms with Crippen LogP contribution >= 0.6 is 0 Å². The Bertz CT molecular complexity index is 8640. The first-order valence-corrected chi connectivity index (χ1v) is 40.0. The zero-order valence-electron chi connectivity index (χ0n) is 62.7. The minimum absolute atomic E-state index is 1.09. The standard InChI is InChI=1S/C108H66N8/c1-12-41-88-78(34-1)81-59-56-67(62-103(81)113(88)73-58-61-83-79-35-2-11-40-87(79)112(105(83)66-73)72-29-22-28-71(65-72)111-95-48-19-9-38-85(95)107-98(111)51-24-54-101(107)115-91-44-15-5-32-76(91)77-33-6-16-45-92(77)115)68-57-60-82-80-36-7-17-46-93(80)116(104(82)63-68)102-55-25-52-99-108(102)86-39-10-20-49-96(86)110(99)70-27-21-26-69(64-70)109-94-47-18-8-37-84(94)106-97(109)50-23-53-100(106)114-89-42-13-3-30-74(89)75-31-4-14-43-90(75)114/h1-66H. The van der Waals surface area contributed by atoms with Crippen molar-refractivity contribution in [2.75, 3.05) is 0 Å². The molecule has 0 N–H and O–H groups in total. The summed E-state index contributed by atoms with van der Waals surface area (Å²) >= 11 is 0. The van der Waals surface area contributed by atoms with Gasteiger partial charge in [-0.1, -0.05) is 243 Å². The van der Waals surface area contributed by atoms with Gasteiger partial charge < -0.3 is 36.5 Å². The zero-order chi connectivity index (χ0) is 75.5. The second kappa shape index (κ2) is 23.9. The Morgan fingerprint density at radius 2 is 0.310 bits per heavy atom. The van der Waals surface area contributed by atoms with Crippen LogP contribution in [-0.4, -0.2) is 36.5 Å². The average molecular weight is 1480 g/mol. The van der Waals surface area contributed by atoms with E-state index in [1.54, 1.807) is 0 Å². The number of para-hydroxylation sites is 10. The molecule has 0 aliphatic carbocycles. The Morgan fingerprint density at radius 3 is 0.621 bits per heavy atom. The summed E-state index contributed by atoms with van der Waals surface area (Å²) in [4.78, 5) is 0. The average Bonchev–Trinajstić information content (AvgIpc) is 1.56. The Balaban J connectivity index is 0.611. The fourth-order valence-electron chi connectivity index (χ4n) is 20.5. The van der Waals surface area contributed by atoms with Gasteiger partial charge in [0.15, 0.2) is 0 Å². The number of hydrogen-bond acceptors (Lipinski definition) is 0. The van der Waals surface area contributed by atoms with Gasteiger partial charge in [-0.3, -0.25) is 0 Å². The van der Waals surface area contributed by atoms with Crippen molar-refractivity contribution in [2.45, 2.75) is 0 Å². The topological polar surface area (TPSA) is 39.4 Å². The van der Waals surface area contributed by atoms with Crippen LogP contribution in [0.1, 0.15) is 0 Å². The smallest absolute Gasteiger partial charge is 0.0562 e. The first kappa shape index (κ1) is 63.0. The van der Waals surface area contributed by atoms with E-state index in [0.717, 1.165) is 123 Å². The van der Waals surface area contributed by atoms with Crippen LogP contribution < -0.4 is 0 Å². The van der Waals surface area contributed by atoms with Crippen LogP contribution in [-0.2, 0) is 0 Å². The molecule has 0 spiro atoms. The molecular formula is C108H66N8. The van der Waals surface area contributed by atoms with Crippen molar-refractivity contribution >= 4 is 174 Å². The van der Waals surface area contributed by atoms with Gasteiger partial charge in [0.25, 0.3) is 0 Å². The zero-order valence-corrected chi connectivity index (χ0v) is 62.7. The number of hydrogen-bond donors (Lipinski definition) is 0. The van der Waals surface area contributed by atoms with Gasteiger partial charge in [0.05, 0.1) is 105 Å². The lowest BCUT2D eigenvalue weighted by atomic mass is 10.0. The maximum absolute atomic E-state index is 2.53. The lowest BCUT2D eigenvalue weighted by molar-refractivity contribution is 1.13. The first-order chi connectivity index (χ1) is 57.6. The fraction of sp³-hybridized carbons (Fsp3) is 0. The number of rotatable bonds is 9. The van der Waals surface area contributed by atoms with Crippen molar-refractivity contribution in [1.29, 1.82) is 0 Å². The molecule has 0 radical (unpaired) electrons. The molecule has 0 saturated carbocycles. The molecule has 0 aliphatic heterocycles. The highest BCUT2D eigenvalue weighted by molar-refractivity contribution is 6.21. The SMILES string of the molecule is c1cc(-n2c3ccccc3c3ccc(-n4c5ccccc5c5ccc(-c6ccc7c8ccccc8n(-c8cccc9c8c8ccccc8n9-c8cccc(-n9c%10ccccc%10c%10c(-n%11c%12ccccc%12c%12ccccc%12%11)cccc%109)c8)c7c6)cc54)cc32)cc(-n2c3ccccc3c3c(-n4c5ccccc5c5ccccc54)cccc32)c1. The van der Waals surface area contributed by atoms with E-state index in [4.69, 9.17) is 0 Å². The minimum atomic E-state index is 1.09. The van der Waals surface area contributed by atoms with E-state index in [0.29, 0.717) is 0 Å². The van der Waals surface area contributed by atoms with Crippen LogP contribution in [0.3, 0.4) is 0 Å². The first-order valence-electron chi connectivity index (χ1n) is 40.0. The molecular weight excluding hydrogens is 1410 g/mol. The van der Waals surface area contributed by atoms with E-state index in [2.05, 4.69) is 437 Å². The van der Waals surface area contributed by atoms with E-state index in [1.807, 2.05) is 0 Å². The summed E-state index contributed by atoms with van der Waals surface area (Å²) in [5.41, 5.74) is 29.7. The van der Waals surface area contributed by atoms with Crippen molar-refractivity contribution in [3.8, 4) is 56.6 Å². The molecule has 0 aliphatic rings. The highest BCUT2D eigenvalue weighted by atomic mass is 15.1. The quantitative estimate of drug-likeness (QED) is 0.138. The van der Waals surface area contributed by atoms with Gasteiger partial charge in [-0.05, 0) is 169 Å². The third-order valence-electron chi connectivity index (χ3n) is 25.2. The predicted molar refractivity (Wildman–Crippen MR) is 487 cm³/mol. The predicted octanol–water partition coefficient (Wildman–Crippen LogP) is 28.1. The Labute approximate surface area is 663 Å². The van der Waals surface area contributed by atoms with E-state index in [1.165, 1.54) is 108 Å². The molecule has 0 unspecified atom stereocenters. The van der Waals surface area contributed by atoms with Crippen molar-refractivity contribution < 1.29 is 0 Å². The van der Waals surface area contributed by atoms with E-state index in [9.17, 15) is 0 Å². The Kier molecular flexibility index (Phi) is 13.0. The van der Waals surface area contributed by atoms with E-state index < -0.39 is 0 Å². The van der Waals surface area contributed by atoms with Crippen LogP contribution in [0.2, 0.25) is 0 Å². The third kappa shape index (κ3) is 8.70. The third-order valence-corrected chi connectivity index (χ3v) is 25.2. The molecule has 8 heterocycles. The maximum Gasteiger partial charge on any atom is 0.0562 e. The van der Waals surface area contributed by atoms with Gasteiger partial charge in [-0.15, -0.1) is 0 Å². The normalized spacial score (nSPS) is 12.3. The van der Waals surface area contributed by atoms with Gasteiger partial charge in [-0.2, -0.15) is 0 Å². The van der Waals surface area contributed by atoms with Gasteiger partial charge in [0.1, 0.15) is 0 Å². The molecule has 18 aromatic carbocycles. The van der Waals surface area contributed by atoms with E-state index >= 15 is 0 Å². The molecule has 0 amide bonds. The monoisotopic (exact) mass is 1470 g/mol. The summed E-state index contributed by atoms with van der Waals surface area (Å²) in [6.07, 6.45) is 0. The second-order valence-corrected chi connectivity index (χ2v) is 31.1. The molecule has 26 aromatic rings. The highest BCUT2D eigenvalue weighted by Crippen LogP contribution is 2.47. The minimum Gasteiger partial charge on any atom is -0.309 e. The molecule has 8 nitrogen and oxygen atoms in total. The molecule has 0 fully saturated rings. The van der Waals surface area contributed by atoms with Crippen molar-refractivity contribution in [2.24, 2.45) is 0 Å². The fourth-order valence-corrected chi connectivity index (χ4v) is 20.5. The Morgan fingerprint density at radius 1 is 0.112 bits per heavy atom. The lowest BCUT2D eigenvalue weighted by Gasteiger charge is -2.14. The molecule has 538 valence electrons. The molecule has 0 saturated heterocycles. The number of benzene rings is 18. The second-order valence-electron chi connectivity index (χ2n) is 31.1. The number of fused-ring (bicyclic) bond motifs is 24. The maximum atomic E-state index is 2.53. The summed E-state index contributed by atoms with van der Waals surface area (Å²) in [5.74, 6) is 0. The summed E-state index contributed by atoms with van der Waals surface area (Å²) in [6.45, 7) is 0. The van der Waals surface area contributed by atoms with Crippen molar-refractivity contribution in [3.05, 3.63) is 400 Å².